The second-order valence-corrected chi connectivity index (χ2v) is 8.23. The first-order valence-corrected chi connectivity index (χ1v) is 10.8. The Labute approximate surface area is 190 Å². The summed E-state index contributed by atoms with van der Waals surface area (Å²) in [5.41, 5.74) is 1.19. The Hall–Kier alpha value is -3.56. The number of esters is 1. The molecule has 8 nitrogen and oxygen atoms in total. The maximum Gasteiger partial charge on any atom is 0.329 e. The molecule has 4 aromatic rings. The number of nitrogens with zero attached hydrogens (tertiary/aromatic N) is 3. The Balaban J connectivity index is 1.66. The first kappa shape index (κ1) is 21.7. The molecule has 4 rings (SSSR count). The lowest BCUT2D eigenvalue weighted by atomic mass is 10.1. The van der Waals surface area contributed by atoms with Crippen LogP contribution >= 0.6 is 22.9 Å². The van der Waals surface area contributed by atoms with Gasteiger partial charge in [0.05, 0.1) is 16.6 Å². The maximum absolute atomic E-state index is 13.2. The van der Waals surface area contributed by atoms with Crippen LogP contribution in [-0.4, -0.2) is 20.4 Å². The molecule has 1 unspecified atom stereocenters. The van der Waals surface area contributed by atoms with Gasteiger partial charge in [-0.25, -0.2) is 9.78 Å². The minimum atomic E-state index is -0.931. The molecule has 2 aromatic carbocycles. The molecule has 32 heavy (non-hydrogen) atoms. The van der Waals surface area contributed by atoms with Crippen molar-refractivity contribution in [3.05, 3.63) is 91.3 Å². The molecule has 1 atom stereocenters. The number of halogens is 1. The third kappa shape index (κ3) is 4.12. The molecular weight excluding hydrogens is 454 g/mol. The summed E-state index contributed by atoms with van der Waals surface area (Å²) in [6.07, 6.45) is 1.31. The monoisotopic (exact) mass is 469 g/mol. The lowest BCUT2D eigenvalue weighted by molar-refractivity contribution is -0.384. The third-order valence-electron chi connectivity index (χ3n) is 4.97. The first-order chi connectivity index (χ1) is 15.4. The molecule has 0 fully saturated rings. The number of benzene rings is 2. The van der Waals surface area contributed by atoms with E-state index in [0.717, 1.165) is 0 Å². The van der Waals surface area contributed by atoms with Crippen LogP contribution in [0.3, 0.4) is 0 Å². The SMILES string of the molecule is CC(C(=O)OCc1ccccc1Cl)n1cnc2scc(-c3cccc([N+](=O)[O-])c3)c2c1=O. The number of hydrogen-bond donors (Lipinski definition) is 0. The lowest BCUT2D eigenvalue weighted by Crippen LogP contribution is -2.29. The van der Waals surface area contributed by atoms with Gasteiger partial charge in [-0.3, -0.25) is 19.5 Å². The van der Waals surface area contributed by atoms with E-state index in [4.69, 9.17) is 16.3 Å². The number of carbonyl (C=O) groups is 1. The van der Waals surface area contributed by atoms with E-state index in [-0.39, 0.29) is 12.3 Å². The van der Waals surface area contributed by atoms with Crippen molar-refractivity contribution < 1.29 is 14.5 Å². The van der Waals surface area contributed by atoms with Crippen LogP contribution in [0.25, 0.3) is 21.3 Å². The van der Waals surface area contributed by atoms with E-state index in [2.05, 4.69) is 4.98 Å². The summed E-state index contributed by atoms with van der Waals surface area (Å²) in [6, 6.07) is 12.1. The summed E-state index contributed by atoms with van der Waals surface area (Å²) in [7, 11) is 0. The van der Waals surface area contributed by atoms with Gasteiger partial charge in [0.2, 0.25) is 0 Å². The van der Waals surface area contributed by atoms with Crippen LogP contribution < -0.4 is 5.56 Å². The Morgan fingerprint density at radius 3 is 2.81 bits per heavy atom. The topological polar surface area (TPSA) is 104 Å². The van der Waals surface area contributed by atoms with E-state index in [1.807, 2.05) is 0 Å². The van der Waals surface area contributed by atoms with E-state index in [1.165, 1.54) is 34.4 Å². The summed E-state index contributed by atoms with van der Waals surface area (Å²) in [6.45, 7) is 1.52. The van der Waals surface area contributed by atoms with Gasteiger partial charge < -0.3 is 4.74 Å². The second kappa shape index (κ2) is 8.89. The number of non-ortho nitro benzene ring substituents is 1. The van der Waals surface area contributed by atoms with E-state index in [0.29, 0.717) is 31.9 Å². The van der Waals surface area contributed by atoms with Crippen molar-refractivity contribution in [2.45, 2.75) is 19.6 Å². The van der Waals surface area contributed by atoms with Crippen molar-refractivity contribution in [1.29, 1.82) is 0 Å². The molecule has 0 radical (unpaired) electrons. The highest BCUT2D eigenvalue weighted by atomic mass is 35.5. The Bertz CT molecular complexity index is 1400. The fraction of sp³-hybridized carbons (Fsp3) is 0.136. The van der Waals surface area contributed by atoms with Crippen LogP contribution in [0.1, 0.15) is 18.5 Å². The van der Waals surface area contributed by atoms with Crippen molar-refractivity contribution in [3.8, 4) is 11.1 Å². The summed E-state index contributed by atoms with van der Waals surface area (Å²) in [4.78, 5) is 41.3. The van der Waals surface area contributed by atoms with Crippen LogP contribution in [0.4, 0.5) is 5.69 Å². The maximum atomic E-state index is 13.2. The molecule has 0 aliphatic heterocycles. The number of hydrogen-bond acceptors (Lipinski definition) is 7. The zero-order valence-electron chi connectivity index (χ0n) is 16.7. The zero-order chi connectivity index (χ0) is 22.8. The van der Waals surface area contributed by atoms with Gasteiger partial charge >= 0.3 is 5.97 Å². The molecule has 0 aliphatic rings. The molecule has 0 saturated carbocycles. The van der Waals surface area contributed by atoms with Gasteiger partial charge in [-0.15, -0.1) is 11.3 Å². The van der Waals surface area contributed by atoms with Crippen LogP contribution in [0.15, 0.2) is 65.0 Å². The lowest BCUT2D eigenvalue weighted by Gasteiger charge is -2.14. The number of nitro benzene ring substituents is 1. The smallest absolute Gasteiger partial charge is 0.329 e. The van der Waals surface area contributed by atoms with Gasteiger partial charge in [0.1, 0.15) is 17.5 Å². The Kier molecular flexibility index (Phi) is 6.02. The minimum Gasteiger partial charge on any atom is -0.459 e. The van der Waals surface area contributed by atoms with E-state index in [9.17, 15) is 19.7 Å². The van der Waals surface area contributed by atoms with Gasteiger partial charge in [-0.1, -0.05) is 41.9 Å². The predicted molar refractivity (Wildman–Crippen MR) is 122 cm³/mol. The normalized spacial score (nSPS) is 11.9. The summed E-state index contributed by atoms with van der Waals surface area (Å²) in [5.74, 6) is -0.611. The third-order valence-corrected chi connectivity index (χ3v) is 6.23. The molecule has 0 saturated heterocycles. The number of fused-ring (bicyclic) bond motifs is 1. The zero-order valence-corrected chi connectivity index (χ0v) is 18.3. The molecule has 0 amide bonds. The fourth-order valence-electron chi connectivity index (χ4n) is 3.22. The number of rotatable bonds is 6. The van der Waals surface area contributed by atoms with Gasteiger partial charge in [0, 0.05) is 33.7 Å². The highest BCUT2D eigenvalue weighted by Crippen LogP contribution is 2.32. The van der Waals surface area contributed by atoms with Crippen molar-refractivity contribution in [3.63, 3.8) is 0 Å². The van der Waals surface area contributed by atoms with Crippen molar-refractivity contribution in [2.24, 2.45) is 0 Å². The van der Waals surface area contributed by atoms with Crippen LogP contribution in [0.2, 0.25) is 5.02 Å². The molecule has 2 aromatic heterocycles. The van der Waals surface area contributed by atoms with Crippen LogP contribution in [0, 0.1) is 10.1 Å². The summed E-state index contributed by atoms with van der Waals surface area (Å²) >= 11 is 7.34. The predicted octanol–water partition coefficient (Wildman–Crippen LogP) is 4.99. The molecule has 0 spiro atoms. The van der Waals surface area contributed by atoms with Crippen LogP contribution in [-0.2, 0) is 16.1 Å². The number of carbonyl (C=O) groups excluding carboxylic acids is 1. The van der Waals surface area contributed by atoms with Crippen molar-refractivity contribution >= 4 is 44.8 Å². The number of ether oxygens (including phenoxy) is 1. The molecular formula is C22H16ClN3O5S. The largest absolute Gasteiger partial charge is 0.459 e. The van der Waals surface area contributed by atoms with E-state index < -0.39 is 22.5 Å². The number of nitro groups is 1. The van der Waals surface area contributed by atoms with Gasteiger partial charge in [-0.2, -0.15) is 0 Å². The van der Waals surface area contributed by atoms with E-state index in [1.54, 1.807) is 48.7 Å². The van der Waals surface area contributed by atoms with Gasteiger partial charge in [-0.05, 0) is 18.6 Å². The quantitative estimate of drug-likeness (QED) is 0.224. The standard InChI is InChI=1S/C22H16ClN3O5S/c1-13(22(28)31-10-15-5-2-3-8-18(15)23)25-12-24-20-19(21(25)27)17(11-32-20)14-6-4-7-16(9-14)26(29)30/h2-9,11-13H,10H2,1H3. The highest BCUT2D eigenvalue weighted by Gasteiger charge is 2.22. The number of aromatic nitrogens is 2. The second-order valence-electron chi connectivity index (χ2n) is 6.97. The molecule has 10 heteroatoms. The fourth-order valence-corrected chi connectivity index (χ4v) is 4.32. The molecule has 0 aliphatic carbocycles. The van der Waals surface area contributed by atoms with Gasteiger partial charge in [0.25, 0.3) is 11.2 Å². The van der Waals surface area contributed by atoms with Crippen molar-refractivity contribution in [2.75, 3.05) is 0 Å². The van der Waals surface area contributed by atoms with E-state index >= 15 is 0 Å². The average molecular weight is 470 g/mol. The molecule has 162 valence electrons. The average Bonchev–Trinajstić information content (AvgIpc) is 3.23. The summed E-state index contributed by atoms with van der Waals surface area (Å²) < 4.78 is 6.55. The molecule has 0 N–H and O–H groups in total. The molecule has 0 bridgehead atoms. The van der Waals surface area contributed by atoms with Crippen molar-refractivity contribution in [1.82, 2.24) is 9.55 Å². The van der Waals surface area contributed by atoms with Gasteiger partial charge in [0.15, 0.2) is 0 Å². The Morgan fingerprint density at radius 1 is 1.28 bits per heavy atom. The number of thiophene rings is 1. The van der Waals surface area contributed by atoms with Crippen LogP contribution in [0.5, 0.6) is 0 Å². The summed E-state index contributed by atoms with van der Waals surface area (Å²) in [5, 5.41) is 13.6. The molecule has 2 heterocycles. The first-order valence-electron chi connectivity index (χ1n) is 9.50. The Morgan fingerprint density at radius 2 is 2.06 bits per heavy atom. The minimum absolute atomic E-state index is 0.0232. The highest BCUT2D eigenvalue weighted by molar-refractivity contribution is 7.17.